The molecular weight excluding hydrogens is 661 g/mol. The summed E-state index contributed by atoms with van der Waals surface area (Å²) < 4.78 is 5.65. The fourth-order valence-corrected chi connectivity index (χ4v) is 7.76. The predicted molar refractivity (Wildman–Crippen MR) is 207 cm³/mol. The zero-order chi connectivity index (χ0) is 37.0. The zero-order valence-electron chi connectivity index (χ0n) is 29.6. The molecule has 53 heavy (non-hydrogen) atoms. The molecule has 1 aromatic heterocycles. The van der Waals surface area contributed by atoms with Crippen LogP contribution in [-0.4, -0.2) is 46.2 Å². The van der Waals surface area contributed by atoms with Crippen molar-refractivity contribution in [2.24, 2.45) is 0 Å². The summed E-state index contributed by atoms with van der Waals surface area (Å²) in [6, 6.07) is 49.3. The van der Waals surface area contributed by atoms with Crippen LogP contribution in [0.4, 0.5) is 11.5 Å². The highest BCUT2D eigenvalue weighted by Gasteiger charge is 2.50. The molecule has 2 N–H and O–H groups in total. The van der Waals surface area contributed by atoms with E-state index in [0.717, 1.165) is 27.9 Å². The largest absolute Gasteiger partial charge is 0.423 e. The first-order valence-corrected chi connectivity index (χ1v) is 17.5. The molecule has 0 spiro atoms. The van der Waals surface area contributed by atoms with Crippen LogP contribution in [0.3, 0.4) is 0 Å². The number of anilines is 2. The number of Topliss-reactive ketones (excluding diaryl/α,β-unsaturated/α-hetero) is 1. The number of pyridine rings is 1. The van der Waals surface area contributed by atoms with Crippen molar-refractivity contribution in [3.63, 3.8) is 0 Å². The number of aromatic nitrogens is 1. The second-order valence-corrected chi connectivity index (χ2v) is 13.7. The van der Waals surface area contributed by atoms with Gasteiger partial charge in [-0.15, -0.1) is 0 Å². The van der Waals surface area contributed by atoms with Gasteiger partial charge in [-0.25, -0.2) is 9.78 Å². The normalized spacial score (nSPS) is 15.5. The van der Waals surface area contributed by atoms with E-state index in [1.165, 1.54) is 0 Å². The quantitative estimate of drug-likeness (QED) is 0.0489. The minimum Gasteiger partial charge on any atom is -0.423 e. The van der Waals surface area contributed by atoms with Crippen molar-refractivity contribution in [2.75, 3.05) is 17.3 Å². The minimum absolute atomic E-state index is 0.0483. The Bertz CT molecular complexity index is 2110. The highest BCUT2D eigenvalue weighted by atomic mass is 16.5. The number of nitrogens with two attached hydrogens (primary N) is 1. The Hall–Kier alpha value is -6.38. The van der Waals surface area contributed by atoms with Gasteiger partial charge in [-0.3, -0.25) is 14.5 Å². The number of nitrogen functional groups attached to an aromatic ring is 1. The smallest absolute Gasteiger partial charge is 0.347 e. The van der Waals surface area contributed by atoms with E-state index in [1.807, 2.05) is 55.1 Å². The van der Waals surface area contributed by atoms with Crippen LogP contribution in [0.25, 0.3) is 0 Å². The van der Waals surface area contributed by atoms with Gasteiger partial charge in [0.1, 0.15) is 23.2 Å². The first-order valence-electron chi connectivity index (χ1n) is 17.5. The lowest BCUT2D eigenvalue weighted by Crippen LogP contribution is -2.51. The molecule has 1 aliphatic heterocycles. The number of carbonyl (C=O) groups is 3. The lowest BCUT2D eigenvalue weighted by Gasteiger charge is -2.37. The molecule has 5 aromatic carbocycles. The fraction of sp³-hybridized carbons (Fsp3) is 0.156. The standard InChI is InChI=1S/C45H40N4O4/c1-44(2)41(39(51)30-50)49(31-48(44)29-32-27-28-47-42(46)40(32)43(52)53-38-21-13-6-14-22-38)37-25-23-36(24-26-37)45(33-15-7-3-8-16-33,34-17-9-4-10-18-34)35-19-11-5-12-20-35/h3-28,30,41H,29,31H2,1-2H3,(H2,46,47). The van der Waals surface area contributed by atoms with Gasteiger partial charge >= 0.3 is 5.97 Å². The molecule has 2 heterocycles. The van der Waals surface area contributed by atoms with Gasteiger partial charge in [0.05, 0.1) is 12.1 Å². The zero-order valence-corrected chi connectivity index (χ0v) is 29.6. The average molecular weight is 701 g/mol. The van der Waals surface area contributed by atoms with Crippen LogP contribution in [0.5, 0.6) is 5.75 Å². The number of para-hydroxylation sites is 1. The molecule has 0 amide bonds. The monoisotopic (exact) mass is 700 g/mol. The van der Waals surface area contributed by atoms with Crippen LogP contribution in [0.1, 0.15) is 52.0 Å². The second-order valence-electron chi connectivity index (χ2n) is 13.7. The van der Waals surface area contributed by atoms with Crippen molar-refractivity contribution < 1.29 is 19.1 Å². The maximum absolute atomic E-state index is 13.5. The first kappa shape index (κ1) is 35.0. The number of ether oxygens (including phenoxy) is 1. The molecule has 1 unspecified atom stereocenters. The molecule has 1 saturated heterocycles. The number of esters is 1. The molecule has 0 saturated carbocycles. The van der Waals surface area contributed by atoms with Crippen LogP contribution >= 0.6 is 0 Å². The van der Waals surface area contributed by atoms with Crippen LogP contribution in [-0.2, 0) is 21.5 Å². The second kappa shape index (κ2) is 14.7. The van der Waals surface area contributed by atoms with Gasteiger partial charge in [-0.2, -0.15) is 0 Å². The molecule has 1 aliphatic rings. The van der Waals surface area contributed by atoms with Gasteiger partial charge in [-0.1, -0.05) is 121 Å². The van der Waals surface area contributed by atoms with Gasteiger partial charge in [0.15, 0.2) is 6.29 Å². The summed E-state index contributed by atoms with van der Waals surface area (Å²) in [4.78, 5) is 47.3. The molecule has 8 nitrogen and oxygen atoms in total. The van der Waals surface area contributed by atoms with Crippen LogP contribution in [0.2, 0.25) is 0 Å². The Morgan fingerprint density at radius 1 is 0.755 bits per heavy atom. The van der Waals surface area contributed by atoms with Crippen LogP contribution in [0.15, 0.2) is 158 Å². The number of aldehydes is 1. The number of carbonyl (C=O) groups excluding carboxylic acids is 3. The minimum atomic E-state index is -0.822. The number of rotatable bonds is 11. The number of benzene rings is 5. The number of nitrogens with zero attached hydrogens (tertiary/aromatic N) is 3. The molecule has 1 fully saturated rings. The summed E-state index contributed by atoms with van der Waals surface area (Å²) in [5.74, 6) is -0.727. The van der Waals surface area contributed by atoms with Gasteiger partial charge in [0.2, 0.25) is 5.78 Å². The Morgan fingerprint density at radius 2 is 1.25 bits per heavy atom. The summed E-state index contributed by atoms with van der Waals surface area (Å²) in [7, 11) is 0. The molecular formula is C45H40N4O4. The summed E-state index contributed by atoms with van der Waals surface area (Å²) in [6.45, 7) is 4.42. The van der Waals surface area contributed by atoms with Crippen molar-refractivity contribution in [3.8, 4) is 5.75 Å². The van der Waals surface area contributed by atoms with Crippen LogP contribution in [0, 0.1) is 0 Å². The van der Waals surface area contributed by atoms with Crippen molar-refractivity contribution in [3.05, 3.63) is 191 Å². The summed E-state index contributed by atoms with van der Waals surface area (Å²) in [5, 5.41) is 0. The lowest BCUT2D eigenvalue weighted by atomic mass is 9.65. The predicted octanol–water partition coefficient (Wildman–Crippen LogP) is 7.46. The van der Waals surface area contributed by atoms with E-state index in [1.54, 1.807) is 36.5 Å². The van der Waals surface area contributed by atoms with Gasteiger partial charge < -0.3 is 15.4 Å². The average Bonchev–Trinajstić information content (AvgIpc) is 3.45. The third kappa shape index (κ3) is 6.49. The van der Waals surface area contributed by atoms with E-state index >= 15 is 0 Å². The summed E-state index contributed by atoms with van der Waals surface area (Å²) in [5.41, 5.74) is 10.7. The van der Waals surface area contributed by atoms with Gasteiger partial charge in [0, 0.05) is 24.0 Å². The molecule has 6 aromatic rings. The molecule has 7 rings (SSSR count). The Kier molecular flexibility index (Phi) is 9.72. The Balaban J connectivity index is 1.27. The van der Waals surface area contributed by atoms with Gasteiger partial charge in [0.25, 0.3) is 0 Å². The van der Waals surface area contributed by atoms with E-state index in [-0.39, 0.29) is 17.9 Å². The number of ketones is 1. The van der Waals surface area contributed by atoms with E-state index in [9.17, 15) is 14.4 Å². The Labute approximate surface area is 309 Å². The molecule has 0 aliphatic carbocycles. The molecule has 8 heteroatoms. The first-order chi connectivity index (χ1) is 25.7. The van der Waals surface area contributed by atoms with Crippen LogP contribution < -0.4 is 15.4 Å². The summed E-state index contributed by atoms with van der Waals surface area (Å²) >= 11 is 0. The fourth-order valence-electron chi connectivity index (χ4n) is 7.76. The van der Waals surface area contributed by atoms with Crippen molar-refractivity contribution in [1.29, 1.82) is 0 Å². The number of hydrogen-bond donors (Lipinski definition) is 1. The van der Waals surface area contributed by atoms with Crippen molar-refractivity contribution in [2.45, 2.75) is 37.4 Å². The summed E-state index contributed by atoms with van der Waals surface area (Å²) in [6.07, 6.45) is 1.95. The topological polar surface area (TPSA) is 106 Å². The maximum Gasteiger partial charge on any atom is 0.347 e. The number of hydrogen-bond acceptors (Lipinski definition) is 8. The molecule has 264 valence electrons. The van der Waals surface area contributed by atoms with Gasteiger partial charge in [-0.05, 0) is 72.0 Å². The van der Waals surface area contributed by atoms with E-state index < -0.39 is 28.7 Å². The SMILES string of the molecule is CC1(C)C(C(=O)C=O)N(c2ccc(C(c3ccccc3)(c3ccccc3)c3ccccc3)cc2)CN1Cc1ccnc(N)c1C(=O)Oc1ccccc1. The molecule has 1 atom stereocenters. The third-order valence-electron chi connectivity index (χ3n) is 10.3. The van der Waals surface area contributed by atoms with E-state index in [2.05, 4.69) is 94.8 Å². The Morgan fingerprint density at radius 3 is 1.75 bits per heavy atom. The highest BCUT2D eigenvalue weighted by molar-refractivity contribution is 6.29. The molecule has 0 bridgehead atoms. The highest BCUT2D eigenvalue weighted by Crippen LogP contribution is 2.46. The molecule has 0 radical (unpaired) electrons. The van der Waals surface area contributed by atoms with E-state index in [0.29, 0.717) is 24.3 Å². The van der Waals surface area contributed by atoms with Crippen molar-refractivity contribution in [1.82, 2.24) is 9.88 Å². The van der Waals surface area contributed by atoms with Crippen molar-refractivity contribution >= 4 is 29.5 Å². The lowest BCUT2D eigenvalue weighted by molar-refractivity contribution is -0.131. The third-order valence-corrected chi connectivity index (χ3v) is 10.3. The maximum atomic E-state index is 13.5. The van der Waals surface area contributed by atoms with E-state index in [4.69, 9.17) is 10.5 Å².